The Labute approximate surface area is 144 Å². The van der Waals surface area contributed by atoms with E-state index in [0.29, 0.717) is 6.04 Å². The monoisotopic (exact) mass is 313 g/mol. The highest BCUT2D eigenvalue weighted by atomic mass is 15.2. The van der Waals surface area contributed by atoms with Gasteiger partial charge in [-0.3, -0.25) is 0 Å². The van der Waals surface area contributed by atoms with Gasteiger partial charge in [0.05, 0.1) is 6.04 Å². The zero-order chi connectivity index (χ0) is 16.5. The van der Waals surface area contributed by atoms with Crippen molar-refractivity contribution in [1.29, 1.82) is 0 Å². The Hall–Kier alpha value is -2.54. The van der Waals surface area contributed by atoms with E-state index in [2.05, 4.69) is 91.5 Å². The topological polar surface area (TPSA) is 3.24 Å². The highest BCUT2D eigenvalue weighted by molar-refractivity contribution is 5.56. The molecule has 3 aromatic rings. The maximum absolute atomic E-state index is 2.55. The smallest absolute Gasteiger partial charge is 0.0798 e. The average molecular weight is 313 g/mol. The van der Waals surface area contributed by atoms with Gasteiger partial charge < -0.3 is 4.90 Å². The van der Waals surface area contributed by atoms with Gasteiger partial charge in [-0.2, -0.15) is 0 Å². The van der Waals surface area contributed by atoms with Crippen LogP contribution >= 0.6 is 0 Å². The second kappa shape index (κ2) is 6.16. The van der Waals surface area contributed by atoms with Crippen molar-refractivity contribution in [2.24, 2.45) is 0 Å². The first-order valence-electron chi connectivity index (χ1n) is 8.70. The quantitative estimate of drug-likeness (QED) is 0.607. The molecule has 0 saturated carbocycles. The summed E-state index contributed by atoms with van der Waals surface area (Å²) in [6.07, 6.45) is 1.10. The molecule has 1 heterocycles. The summed E-state index contributed by atoms with van der Waals surface area (Å²) in [4.78, 5) is 2.55. The van der Waals surface area contributed by atoms with Crippen molar-refractivity contribution in [3.05, 3.63) is 101 Å². The molecule has 0 aromatic heterocycles. The van der Waals surface area contributed by atoms with E-state index in [1.807, 2.05) is 0 Å². The Kier molecular flexibility index (Phi) is 3.86. The minimum absolute atomic E-state index is 0.290. The summed E-state index contributed by atoms with van der Waals surface area (Å²) in [5.74, 6) is 0. The molecular formula is C23H23N. The van der Waals surface area contributed by atoms with E-state index >= 15 is 0 Å². The molecule has 1 aliphatic rings. The zero-order valence-electron chi connectivity index (χ0n) is 14.4. The third kappa shape index (κ3) is 2.71. The van der Waals surface area contributed by atoms with Gasteiger partial charge in [-0.15, -0.1) is 0 Å². The van der Waals surface area contributed by atoms with Gasteiger partial charge in [0, 0.05) is 12.2 Å². The number of hydrogen-bond donors (Lipinski definition) is 0. The van der Waals surface area contributed by atoms with Crippen LogP contribution in [-0.4, -0.2) is 6.54 Å². The lowest BCUT2D eigenvalue weighted by atomic mass is 9.87. The van der Waals surface area contributed by atoms with Crippen molar-refractivity contribution >= 4 is 5.69 Å². The van der Waals surface area contributed by atoms with Gasteiger partial charge in [0.25, 0.3) is 0 Å². The Morgan fingerprint density at radius 1 is 0.750 bits per heavy atom. The third-order valence-corrected chi connectivity index (χ3v) is 5.04. The van der Waals surface area contributed by atoms with Crippen molar-refractivity contribution in [2.45, 2.75) is 26.3 Å². The molecule has 24 heavy (non-hydrogen) atoms. The molecule has 0 fully saturated rings. The number of fused-ring (bicyclic) bond motifs is 1. The minimum atomic E-state index is 0.290. The minimum Gasteiger partial charge on any atom is -0.360 e. The molecule has 1 atom stereocenters. The lowest BCUT2D eigenvalue weighted by Crippen LogP contribution is -2.36. The molecule has 3 aromatic carbocycles. The molecule has 0 N–H and O–H groups in total. The van der Waals surface area contributed by atoms with Crippen molar-refractivity contribution in [3.8, 4) is 0 Å². The maximum Gasteiger partial charge on any atom is 0.0798 e. The van der Waals surface area contributed by atoms with Crippen LogP contribution in [0.5, 0.6) is 0 Å². The van der Waals surface area contributed by atoms with E-state index in [0.717, 1.165) is 13.0 Å². The summed E-state index contributed by atoms with van der Waals surface area (Å²) < 4.78 is 0. The molecule has 0 radical (unpaired) electrons. The normalized spacial score (nSPS) is 16.8. The van der Waals surface area contributed by atoms with Crippen LogP contribution in [0.2, 0.25) is 0 Å². The molecule has 0 amide bonds. The molecule has 1 unspecified atom stereocenters. The fraction of sp³-hybridized carbons (Fsp3) is 0.217. The van der Waals surface area contributed by atoms with Crippen molar-refractivity contribution < 1.29 is 0 Å². The first-order chi connectivity index (χ1) is 11.7. The number of rotatable bonds is 2. The molecule has 1 aliphatic heterocycles. The molecule has 1 nitrogen and oxygen atoms in total. The van der Waals surface area contributed by atoms with Gasteiger partial charge in [0.15, 0.2) is 0 Å². The van der Waals surface area contributed by atoms with Crippen LogP contribution in [-0.2, 0) is 6.42 Å². The van der Waals surface area contributed by atoms with Gasteiger partial charge in [0.1, 0.15) is 0 Å². The average Bonchev–Trinajstić information content (AvgIpc) is 2.62. The van der Waals surface area contributed by atoms with Crippen LogP contribution in [0.3, 0.4) is 0 Å². The highest BCUT2D eigenvalue weighted by Gasteiger charge is 2.28. The summed E-state index contributed by atoms with van der Waals surface area (Å²) in [5, 5.41) is 0. The lowest BCUT2D eigenvalue weighted by molar-refractivity contribution is 0.653. The second-order valence-electron chi connectivity index (χ2n) is 6.79. The standard InChI is InChI=1S/C23H23N/c1-17-7-11-20(12-8-17)23-22-6-4-3-5-19(22)15-16-24(23)21-13-9-18(2)10-14-21/h3-14,23H,15-16H2,1-2H3. The van der Waals surface area contributed by atoms with Gasteiger partial charge in [-0.1, -0.05) is 71.8 Å². The summed E-state index contributed by atoms with van der Waals surface area (Å²) in [6, 6.07) is 27.1. The van der Waals surface area contributed by atoms with Gasteiger partial charge >= 0.3 is 0 Å². The SMILES string of the molecule is Cc1ccc(C2c3ccccc3CCN2c2ccc(C)cc2)cc1. The van der Waals surface area contributed by atoms with Crippen molar-refractivity contribution in [1.82, 2.24) is 0 Å². The van der Waals surface area contributed by atoms with Crippen LogP contribution in [0.15, 0.2) is 72.8 Å². The Balaban J connectivity index is 1.83. The van der Waals surface area contributed by atoms with Crippen molar-refractivity contribution in [2.75, 3.05) is 11.4 Å². The number of anilines is 1. The first-order valence-corrected chi connectivity index (χ1v) is 8.70. The Morgan fingerprint density at radius 3 is 2.08 bits per heavy atom. The third-order valence-electron chi connectivity index (χ3n) is 5.04. The number of benzene rings is 3. The van der Waals surface area contributed by atoms with E-state index in [-0.39, 0.29) is 0 Å². The molecule has 0 spiro atoms. The molecule has 4 rings (SSSR count). The number of hydrogen-bond acceptors (Lipinski definition) is 1. The number of nitrogens with zero attached hydrogens (tertiary/aromatic N) is 1. The van der Waals surface area contributed by atoms with Gasteiger partial charge in [-0.25, -0.2) is 0 Å². The van der Waals surface area contributed by atoms with Crippen LogP contribution in [0.4, 0.5) is 5.69 Å². The Bertz CT molecular complexity index is 831. The molecule has 0 saturated heterocycles. The first kappa shape index (κ1) is 15.0. The largest absolute Gasteiger partial charge is 0.360 e. The summed E-state index contributed by atoms with van der Waals surface area (Å²) in [7, 11) is 0. The van der Waals surface area contributed by atoms with Crippen LogP contribution in [0, 0.1) is 13.8 Å². The van der Waals surface area contributed by atoms with Crippen LogP contribution < -0.4 is 4.90 Å². The van der Waals surface area contributed by atoms with Crippen LogP contribution in [0.1, 0.15) is 33.9 Å². The summed E-state index contributed by atoms with van der Waals surface area (Å²) >= 11 is 0. The van der Waals surface area contributed by atoms with E-state index in [9.17, 15) is 0 Å². The van der Waals surface area contributed by atoms with Gasteiger partial charge in [0.2, 0.25) is 0 Å². The maximum atomic E-state index is 2.55. The fourth-order valence-corrected chi connectivity index (χ4v) is 3.69. The van der Waals surface area contributed by atoms with Crippen molar-refractivity contribution in [3.63, 3.8) is 0 Å². The fourth-order valence-electron chi connectivity index (χ4n) is 3.69. The van der Waals surface area contributed by atoms with Gasteiger partial charge in [-0.05, 0) is 49.1 Å². The molecule has 0 aliphatic carbocycles. The second-order valence-corrected chi connectivity index (χ2v) is 6.79. The van der Waals surface area contributed by atoms with E-state index in [4.69, 9.17) is 0 Å². The van der Waals surface area contributed by atoms with E-state index < -0.39 is 0 Å². The molecular weight excluding hydrogens is 290 g/mol. The zero-order valence-corrected chi connectivity index (χ0v) is 14.4. The van der Waals surface area contributed by atoms with Crippen LogP contribution in [0.25, 0.3) is 0 Å². The molecule has 1 heteroatoms. The predicted molar refractivity (Wildman–Crippen MR) is 102 cm³/mol. The summed E-state index contributed by atoms with van der Waals surface area (Å²) in [6.45, 7) is 5.35. The van der Waals surface area contributed by atoms with E-state index in [1.165, 1.54) is 33.5 Å². The molecule has 120 valence electrons. The Morgan fingerprint density at radius 2 is 1.38 bits per heavy atom. The van der Waals surface area contributed by atoms with E-state index in [1.54, 1.807) is 0 Å². The predicted octanol–water partition coefficient (Wildman–Crippen LogP) is 5.46. The number of aryl methyl sites for hydroxylation is 2. The highest BCUT2D eigenvalue weighted by Crippen LogP contribution is 2.38. The lowest BCUT2D eigenvalue weighted by Gasteiger charge is -2.39. The summed E-state index contributed by atoms with van der Waals surface area (Å²) in [5.41, 5.74) is 8.21. The molecule has 0 bridgehead atoms.